The number of likely N-dealkylation sites (tertiary alicyclic amines) is 1. The molecule has 0 radical (unpaired) electrons. The number of ether oxygens (including phenoxy) is 2. The fourth-order valence-corrected chi connectivity index (χ4v) is 4.93. The van der Waals surface area contributed by atoms with Gasteiger partial charge in [0.1, 0.15) is 11.4 Å². The Labute approximate surface area is 209 Å². The number of carbonyl (C=O) groups excluding carboxylic acids is 1. The minimum Gasteiger partial charge on any atom is -0.444 e. The Morgan fingerprint density at radius 3 is 2.31 bits per heavy atom. The maximum Gasteiger partial charge on any atom is 0.416 e. The van der Waals surface area contributed by atoms with Gasteiger partial charge in [0.15, 0.2) is 0 Å². The summed E-state index contributed by atoms with van der Waals surface area (Å²) in [4.78, 5) is 18.8. The highest BCUT2D eigenvalue weighted by Gasteiger charge is 2.44. The molecule has 2 heterocycles. The van der Waals surface area contributed by atoms with Crippen molar-refractivity contribution in [2.45, 2.75) is 78.2 Å². The molecule has 4 rings (SSSR count). The third kappa shape index (κ3) is 5.87. The number of halogens is 3. The maximum atomic E-state index is 13.3. The molecule has 2 aromatic rings. The summed E-state index contributed by atoms with van der Waals surface area (Å²) < 4.78 is 52.7. The first-order valence-corrected chi connectivity index (χ1v) is 12.3. The van der Waals surface area contributed by atoms with E-state index in [1.165, 1.54) is 6.07 Å². The van der Waals surface area contributed by atoms with Crippen LogP contribution in [0.15, 0.2) is 18.2 Å². The number of alkyl halides is 3. The molecular formula is C25H34F3N5O3. The molecule has 1 amide bonds. The zero-order chi connectivity index (χ0) is 26.4. The molecule has 1 aromatic heterocycles. The first-order chi connectivity index (χ1) is 16.7. The zero-order valence-electron chi connectivity index (χ0n) is 21.5. The summed E-state index contributed by atoms with van der Waals surface area (Å²) in [6.07, 6.45) is -2.83. The lowest BCUT2D eigenvalue weighted by molar-refractivity contribution is -0.137. The number of amides is 1. The summed E-state index contributed by atoms with van der Waals surface area (Å²) in [5.74, 6) is 0.847. The van der Waals surface area contributed by atoms with Gasteiger partial charge in [0.25, 0.3) is 0 Å². The van der Waals surface area contributed by atoms with Crippen molar-refractivity contribution in [1.82, 2.24) is 19.7 Å². The smallest absolute Gasteiger partial charge is 0.416 e. The highest BCUT2D eigenvalue weighted by molar-refractivity contribution is 5.68. The van der Waals surface area contributed by atoms with Crippen LogP contribution in [0.25, 0.3) is 0 Å². The van der Waals surface area contributed by atoms with Crippen LogP contribution in [0.2, 0.25) is 0 Å². The van der Waals surface area contributed by atoms with E-state index in [1.807, 2.05) is 34.6 Å². The molecule has 1 aliphatic carbocycles. The number of rotatable bonds is 5. The van der Waals surface area contributed by atoms with Crippen molar-refractivity contribution in [3.63, 3.8) is 0 Å². The van der Waals surface area contributed by atoms with Crippen molar-refractivity contribution in [2.24, 2.45) is 11.8 Å². The monoisotopic (exact) mass is 509 g/mol. The number of aryl methyl sites for hydroxylation is 1. The topological polar surface area (TPSA) is 81.5 Å². The van der Waals surface area contributed by atoms with Crippen LogP contribution in [0.1, 0.15) is 64.6 Å². The molecule has 11 heteroatoms. The van der Waals surface area contributed by atoms with Crippen LogP contribution in [-0.2, 0) is 10.9 Å². The summed E-state index contributed by atoms with van der Waals surface area (Å²) in [5.41, 5.74) is -0.894. The Bertz CT molecular complexity index is 1100. The number of anilines is 1. The first kappa shape index (κ1) is 26.1. The lowest BCUT2D eigenvalue weighted by Crippen LogP contribution is -2.51. The van der Waals surface area contributed by atoms with Gasteiger partial charge in [-0.25, -0.2) is 9.48 Å². The molecule has 1 saturated heterocycles. The SMILES string of the molecule is Cc1cc(Oc2nc(NC3[C@@H]4CC[C@H]3CN(C(=O)OC(C)(C)C)C4)nn2C(C)C)cc(C(F)(F)F)c1. The molecule has 1 saturated carbocycles. The molecule has 1 aliphatic heterocycles. The second-order valence-electron chi connectivity index (χ2n) is 11.0. The summed E-state index contributed by atoms with van der Waals surface area (Å²) in [7, 11) is 0. The van der Waals surface area contributed by atoms with Crippen molar-refractivity contribution < 1.29 is 27.4 Å². The summed E-state index contributed by atoms with van der Waals surface area (Å²) in [5, 5.41) is 7.95. The third-order valence-electron chi connectivity index (χ3n) is 6.46. The molecule has 36 heavy (non-hydrogen) atoms. The van der Waals surface area contributed by atoms with Crippen LogP contribution >= 0.6 is 0 Å². The largest absolute Gasteiger partial charge is 0.444 e. The van der Waals surface area contributed by atoms with E-state index >= 15 is 0 Å². The number of fused-ring (bicyclic) bond motifs is 2. The molecule has 8 nitrogen and oxygen atoms in total. The molecule has 2 bridgehead atoms. The van der Waals surface area contributed by atoms with E-state index in [-0.39, 0.29) is 41.8 Å². The van der Waals surface area contributed by atoms with Crippen molar-refractivity contribution in [2.75, 3.05) is 18.4 Å². The first-order valence-electron chi connectivity index (χ1n) is 12.3. The van der Waals surface area contributed by atoms with Gasteiger partial charge in [0.05, 0.1) is 11.6 Å². The van der Waals surface area contributed by atoms with Gasteiger partial charge in [0, 0.05) is 19.1 Å². The summed E-state index contributed by atoms with van der Waals surface area (Å²) in [6, 6.07) is 3.65. The van der Waals surface area contributed by atoms with Gasteiger partial charge in [0.2, 0.25) is 5.95 Å². The highest BCUT2D eigenvalue weighted by Crippen LogP contribution is 2.39. The van der Waals surface area contributed by atoms with Crippen LogP contribution in [0.3, 0.4) is 0 Å². The van der Waals surface area contributed by atoms with Crippen molar-refractivity contribution in [1.29, 1.82) is 0 Å². The molecule has 2 aliphatic rings. The Hall–Kier alpha value is -2.98. The zero-order valence-corrected chi connectivity index (χ0v) is 21.5. The molecule has 2 fully saturated rings. The number of hydrogen-bond acceptors (Lipinski definition) is 6. The van der Waals surface area contributed by atoms with Gasteiger partial charge < -0.3 is 19.7 Å². The lowest BCUT2D eigenvalue weighted by atomic mass is 9.92. The number of piperidine rings is 1. The van der Waals surface area contributed by atoms with Gasteiger partial charge in [-0.05, 0) is 90.0 Å². The van der Waals surface area contributed by atoms with Crippen molar-refractivity contribution >= 4 is 12.0 Å². The molecular weight excluding hydrogens is 475 g/mol. The van der Waals surface area contributed by atoms with Gasteiger partial charge in [-0.3, -0.25) is 0 Å². The van der Waals surface area contributed by atoms with E-state index in [1.54, 1.807) is 16.5 Å². The van der Waals surface area contributed by atoms with Crippen molar-refractivity contribution in [3.05, 3.63) is 29.3 Å². The predicted octanol–water partition coefficient (Wildman–Crippen LogP) is 6.04. The Morgan fingerprint density at radius 1 is 1.11 bits per heavy atom. The van der Waals surface area contributed by atoms with E-state index in [2.05, 4.69) is 15.4 Å². The molecule has 3 atom stereocenters. The Kier molecular flexibility index (Phi) is 6.87. The lowest BCUT2D eigenvalue weighted by Gasteiger charge is -2.38. The van der Waals surface area contributed by atoms with E-state index in [9.17, 15) is 18.0 Å². The van der Waals surface area contributed by atoms with Crippen LogP contribution < -0.4 is 10.1 Å². The third-order valence-corrected chi connectivity index (χ3v) is 6.46. The highest BCUT2D eigenvalue weighted by atomic mass is 19.4. The van der Waals surface area contributed by atoms with Gasteiger partial charge in [-0.1, -0.05) is 0 Å². The normalized spacial score (nSPS) is 22.2. The number of aromatic nitrogens is 3. The Morgan fingerprint density at radius 2 is 1.75 bits per heavy atom. The average Bonchev–Trinajstić information content (AvgIpc) is 3.21. The molecule has 1 N–H and O–H groups in total. The summed E-state index contributed by atoms with van der Waals surface area (Å²) in [6.45, 7) is 12.1. The van der Waals surface area contributed by atoms with Gasteiger partial charge in [-0.15, -0.1) is 5.10 Å². The number of hydrogen-bond donors (Lipinski definition) is 1. The van der Waals surface area contributed by atoms with Gasteiger partial charge >= 0.3 is 18.3 Å². The Balaban J connectivity index is 1.50. The minimum absolute atomic E-state index is 0.0499. The maximum absolute atomic E-state index is 13.3. The van der Waals surface area contributed by atoms with Crippen LogP contribution in [0.4, 0.5) is 23.9 Å². The molecule has 0 spiro atoms. The quantitative estimate of drug-likeness (QED) is 0.530. The number of benzene rings is 1. The van der Waals surface area contributed by atoms with E-state index in [0.717, 1.165) is 25.0 Å². The van der Waals surface area contributed by atoms with E-state index in [0.29, 0.717) is 24.6 Å². The number of nitrogens with zero attached hydrogens (tertiary/aromatic N) is 4. The molecule has 198 valence electrons. The van der Waals surface area contributed by atoms with Crippen molar-refractivity contribution in [3.8, 4) is 11.8 Å². The summed E-state index contributed by atoms with van der Waals surface area (Å²) >= 11 is 0. The second kappa shape index (κ2) is 9.48. The standard InChI is InChI=1S/C25H34F3N5O3/c1-14(2)33-22(35-19-10-15(3)9-18(11-19)25(26,27)28)30-21(31-33)29-20-16-7-8-17(20)13-32(12-16)23(34)36-24(4,5)6/h9-11,14,16-17,20H,7-8,12-13H2,1-6H3,(H,29,31)/t16-,17+,20?. The fraction of sp³-hybridized carbons (Fsp3) is 0.640. The second-order valence-corrected chi connectivity index (χ2v) is 11.0. The van der Waals surface area contributed by atoms with Gasteiger partial charge in [-0.2, -0.15) is 18.2 Å². The number of carbonyl (C=O) groups is 1. The van der Waals surface area contributed by atoms with Crippen LogP contribution in [0, 0.1) is 18.8 Å². The molecule has 1 unspecified atom stereocenters. The predicted molar refractivity (Wildman–Crippen MR) is 128 cm³/mol. The van der Waals surface area contributed by atoms with E-state index in [4.69, 9.17) is 9.47 Å². The fourth-order valence-electron chi connectivity index (χ4n) is 4.93. The molecule has 1 aromatic carbocycles. The minimum atomic E-state index is -4.48. The van der Waals surface area contributed by atoms with Crippen LogP contribution in [0.5, 0.6) is 11.8 Å². The van der Waals surface area contributed by atoms with Crippen LogP contribution in [-0.4, -0.2) is 50.5 Å². The van der Waals surface area contributed by atoms with E-state index < -0.39 is 17.3 Å². The average molecular weight is 510 g/mol. The number of nitrogens with one attached hydrogen (secondary N) is 1.